The fraction of sp³-hybridized carbons (Fsp3) is 0.182. The van der Waals surface area contributed by atoms with Gasteiger partial charge >= 0.3 is 0 Å². The van der Waals surface area contributed by atoms with Crippen LogP contribution in [0.5, 0.6) is 0 Å². The summed E-state index contributed by atoms with van der Waals surface area (Å²) in [6.45, 7) is 3.78. The second-order valence-corrected chi connectivity index (χ2v) is 9.46. The number of nitrogens with one attached hydrogen (secondary N) is 2. The molecule has 0 aliphatic rings. The van der Waals surface area contributed by atoms with Gasteiger partial charge in [-0.2, -0.15) is 0 Å². The molecule has 39 heavy (non-hydrogen) atoms. The van der Waals surface area contributed by atoms with Crippen molar-refractivity contribution < 1.29 is 14.4 Å². The number of rotatable bonds is 9. The van der Waals surface area contributed by atoms with Crippen LogP contribution in [0.4, 0.5) is 17.1 Å². The summed E-state index contributed by atoms with van der Waals surface area (Å²) in [7, 11) is 0. The molecule has 0 aromatic heterocycles. The molecule has 0 unspecified atom stereocenters. The molecule has 200 valence electrons. The first kappa shape index (κ1) is 28.9. The van der Waals surface area contributed by atoms with Gasteiger partial charge in [-0.1, -0.05) is 105 Å². The average molecular weight is 522 g/mol. The molecule has 0 radical (unpaired) electrons. The van der Waals surface area contributed by atoms with Gasteiger partial charge in [0.2, 0.25) is 11.8 Å². The standard InChI is InChI=1S/C19H21NO2.C14H14N2O/c1-14(2)18(21)13-16-10-6-7-11-17(16)20-19(22)12-15-8-4-3-5-9-15;15-12-8-4-5-9-13(12)16-14(17)10-11-6-2-1-3-7-11/h3-11,14H,12-13H2,1-2H3,(H,20,22);1-9H,10,15H2,(H,16,17). The number of benzene rings is 4. The summed E-state index contributed by atoms with van der Waals surface area (Å²) in [5.74, 6) is 0.0302. The fourth-order valence-electron chi connectivity index (χ4n) is 3.75. The van der Waals surface area contributed by atoms with Crippen molar-refractivity contribution >= 4 is 34.7 Å². The largest absolute Gasteiger partial charge is 0.397 e. The highest BCUT2D eigenvalue weighted by Crippen LogP contribution is 2.18. The Hall–Kier alpha value is -4.71. The van der Waals surface area contributed by atoms with Crippen molar-refractivity contribution in [1.29, 1.82) is 0 Å². The van der Waals surface area contributed by atoms with Crippen molar-refractivity contribution in [2.45, 2.75) is 33.1 Å². The minimum absolute atomic E-state index is 0.00641. The van der Waals surface area contributed by atoms with Gasteiger partial charge in [0.05, 0.1) is 24.2 Å². The zero-order valence-corrected chi connectivity index (χ0v) is 22.4. The first-order valence-corrected chi connectivity index (χ1v) is 12.9. The summed E-state index contributed by atoms with van der Waals surface area (Å²) >= 11 is 0. The van der Waals surface area contributed by atoms with E-state index in [2.05, 4.69) is 10.6 Å². The summed E-state index contributed by atoms with van der Waals surface area (Å²) in [5, 5.41) is 5.71. The number of amides is 2. The molecule has 0 aliphatic heterocycles. The predicted octanol–water partition coefficient (Wildman–Crippen LogP) is 6.09. The van der Waals surface area contributed by atoms with Gasteiger partial charge in [-0.3, -0.25) is 14.4 Å². The van der Waals surface area contributed by atoms with Gasteiger partial charge in [0, 0.05) is 18.0 Å². The fourth-order valence-corrected chi connectivity index (χ4v) is 3.75. The molecule has 6 nitrogen and oxygen atoms in total. The van der Waals surface area contributed by atoms with Gasteiger partial charge in [0.15, 0.2) is 0 Å². The van der Waals surface area contributed by atoms with E-state index in [0.29, 0.717) is 30.6 Å². The van der Waals surface area contributed by atoms with Crippen molar-refractivity contribution in [2.24, 2.45) is 5.92 Å². The Bertz CT molecular complexity index is 1370. The molecule has 0 aliphatic carbocycles. The topological polar surface area (TPSA) is 101 Å². The Labute approximate surface area is 230 Å². The summed E-state index contributed by atoms with van der Waals surface area (Å²) in [6, 6.07) is 33.9. The molecule has 0 spiro atoms. The highest BCUT2D eigenvalue weighted by atomic mass is 16.2. The van der Waals surface area contributed by atoms with E-state index in [4.69, 9.17) is 5.73 Å². The second-order valence-electron chi connectivity index (χ2n) is 9.46. The van der Waals surface area contributed by atoms with E-state index in [-0.39, 0.29) is 23.5 Å². The number of carbonyl (C=O) groups is 3. The maximum Gasteiger partial charge on any atom is 0.228 e. The van der Waals surface area contributed by atoms with E-state index in [0.717, 1.165) is 22.4 Å². The van der Waals surface area contributed by atoms with Crippen LogP contribution >= 0.6 is 0 Å². The third-order valence-electron chi connectivity index (χ3n) is 5.95. The molecule has 0 fully saturated rings. The third kappa shape index (κ3) is 9.93. The quantitative estimate of drug-likeness (QED) is 0.232. The molecular weight excluding hydrogens is 486 g/mol. The lowest BCUT2D eigenvalue weighted by atomic mass is 9.99. The number of nitrogen functional groups attached to an aromatic ring is 1. The molecule has 4 rings (SSSR count). The zero-order valence-electron chi connectivity index (χ0n) is 22.4. The molecule has 6 heteroatoms. The number of carbonyl (C=O) groups excluding carboxylic acids is 3. The van der Waals surface area contributed by atoms with Gasteiger partial charge in [-0.25, -0.2) is 0 Å². The maximum atomic E-state index is 12.2. The summed E-state index contributed by atoms with van der Waals surface area (Å²) in [5.41, 5.74) is 10.5. The molecule has 4 aromatic carbocycles. The molecule has 4 N–H and O–H groups in total. The van der Waals surface area contributed by atoms with E-state index in [1.807, 2.05) is 111 Å². The Morgan fingerprint density at radius 3 is 1.54 bits per heavy atom. The number of hydrogen-bond donors (Lipinski definition) is 3. The lowest BCUT2D eigenvalue weighted by Gasteiger charge is -2.12. The van der Waals surface area contributed by atoms with Crippen LogP contribution in [0.15, 0.2) is 109 Å². The zero-order chi connectivity index (χ0) is 28.0. The highest BCUT2D eigenvalue weighted by Gasteiger charge is 2.13. The van der Waals surface area contributed by atoms with Crippen LogP contribution in [-0.2, 0) is 33.6 Å². The minimum Gasteiger partial charge on any atom is -0.397 e. The van der Waals surface area contributed by atoms with Crippen LogP contribution in [0.25, 0.3) is 0 Å². The molecule has 0 saturated heterocycles. The Morgan fingerprint density at radius 2 is 1.03 bits per heavy atom. The van der Waals surface area contributed by atoms with Crippen molar-refractivity contribution in [3.63, 3.8) is 0 Å². The van der Waals surface area contributed by atoms with E-state index in [1.54, 1.807) is 12.1 Å². The average Bonchev–Trinajstić information content (AvgIpc) is 2.92. The number of para-hydroxylation sites is 3. The SMILES string of the molecule is CC(C)C(=O)Cc1ccccc1NC(=O)Cc1ccccc1.Nc1ccccc1NC(=O)Cc1ccccc1. The van der Waals surface area contributed by atoms with Gasteiger partial charge in [-0.15, -0.1) is 0 Å². The number of hydrogen-bond acceptors (Lipinski definition) is 4. The Balaban J connectivity index is 0.000000223. The number of ketones is 1. The second kappa shape index (κ2) is 14.9. The molecule has 0 heterocycles. The molecular formula is C33H35N3O3. The van der Waals surface area contributed by atoms with E-state index >= 15 is 0 Å². The van der Waals surface area contributed by atoms with Crippen molar-refractivity contribution in [1.82, 2.24) is 0 Å². The van der Waals surface area contributed by atoms with Crippen LogP contribution in [0.1, 0.15) is 30.5 Å². The van der Waals surface area contributed by atoms with Gasteiger partial charge in [0.1, 0.15) is 5.78 Å². The number of anilines is 3. The predicted molar refractivity (Wildman–Crippen MR) is 158 cm³/mol. The van der Waals surface area contributed by atoms with E-state index in [9.17, 15) is 14.4 Å². The summed E-state index contributed by atoms with van der Waals surface area (Å²) < 4.78 is 0. The normalized spacial score (nSPS) is 10.2. The van der Waals surface area contributed by atoms with Gasteiger partial charge in [0.25, 0.3) is 0 Å². The van der Waals surface area contributed by atoms with Crippen LogP contribution in [0.3, 0.4) is 0 Å². The van der Waals surface area contributed by atoms with Gasteiger partial charge < -0.3 is 16.4 Å². The Kier molecular flexibility index (Phi) is 11.0. The lowest BCUT2D eigenvalue weighted by molar-refractivity contribution is -0.121. The highest BCUT2D eigenvalue weighted by molar-refractivity contribution is 5.95. The van der Waals surface area contributed by atoms with E-state index in [1.165, 1.54) is 0 Å². The van der Waals surface area contributed by atoms with Crippen LogP contribution in [-0.4, -0.2) is 17.6 Å². The van der Waals surface area contributed by atoms with Crippen molar-refractivity contribution in [3.8, 4) is 0 Å². The number of nitrogens with two attached hydrogens (primary N) is 1. The smallest absolute Gasteiger partial charge is 0.228 e. The summed E-state index contributed by atoms with van der Waals surface area (Å²) in [4.78, 5) is 35.9. The summed E-state index contributed by atoms with van der Waals surface area (Å²) in [6.07, 6.45) is 1.03. The lowest BCUT2D eigenvalue weighted by Crippen LogP contribution is -2.17. The molecule has 0 saturated carbocycles. The number of Topliss-reactive ketones (excluding diaryl/α,β-unsaturated/α-hetero) is 1. The van der Waals surface area contributed by atoms with Crippen molar-refractivity contribution in [2.75, 3.05) is 16.4 Å². The monoisotopic (exact) mass is 521 g/mol. The molecule has 0 atom stereocenters. The first-order valence-electron chi connectivity index (χ1n) is 12.9. The minimum atomic E-state index is -0.0735. The third-order valence-corrected chi connectivity index (χ3v) is 5.95. The van der Waals surface area contributed by atoms with Crippen LogP contribution in [0, 0.1) is 5.92 Å². The van der Waals surface area contributed by atoms with Crippen LogP contribution in [0.2, 0.25) is 0 Å². The molecule has 4 aromatic rings. The van der Waals surface area contributed by atoms with E-state index < -0.39 is 0 Å². The van der Waals surface area contributed by atoms with Gasteiger partial charge in [-0.05, 0) is 34.9 Å². The maximum absolute atomic E-state index is 12.2. The molecule has 0 bridgehead atoms. The Morgan fingerprint density at radius 1 is 0.590 bits per heavy atom. The molecule has 2 amide bonds. The first-order chi connectivity index (χ1) is 18.8. The van der Waals surface area contributed by atoms with Crippen LogP contribution < -0.4 is 16.4 Å². The van der Waals surface area contributed by atoms with Crippen molar-refractivity contribution in [3.05, 3.63) is 126 Å².